The van der Waals surface area contributed by atoms with Crippen LogP contribution in [-0.4, -0.2) is 19.6 Å². The lowest BCUT2D eigenvalue weighted by Gasteiger charge is -1.75. The summed E-state index contributed by atoms with van der Waals surface area (Å²) in [5.74, 6) is -0.424. The summed E-state index contributed by atoms with van der Waals surface area (Å²) in [6.07, 6.45) is 0. The SMILES string of the molecule is CCS(=O)(=O)F.O. The van der Waals surface area contributed by atoms with Gasteiger partial charge in [-0.2, -0.15) is 8.42 Å². The Morgan fingerprint density at radius 3 is 1.71 bits per heavy atom. The zero-order valence-corrected chi connectivity index (χ0v) is 4.63. The molecule has 0 rings (SSSR count). The monoisotopic (exact) mass is 130 g/mol. The zero-order chi connectivity index (χ0) is 5.21. The van der Waals surface area contributed by atoms with E-state index >= 15 is 0 Å². The van der Waals surface area contributed by atoms with Crippen molar-refractivity contribution in [2.75, 3.05) is 5.75 Å². The Hall–Kier alpha value is -0.160. The molecule has 0 aromatic rings. The summed E-state index contributed by atoms with van der Waals surface area (Å²) in [5, 5.41) is 0. The van der Waals surface area contributed by atoms with Gasteiger partial charge < -0.3 is 5.48 Å². The van der Waals surface area contributed by atoms with E-state index < -0.39 is 16.0 Å². The second-order valence-corrected chi connectivity index (χ2v) is 2.48. The van der Waals surface area contributed by atoms with Crippen molar-refractivity contribution in [3.8, 4) is 0 Å². The van der Waals surface area contributed by atoms with Gasteiger partial charge in [-0.1, -0.05) is 0 Å². The number of rotatable bonds is 1. The summed E-state index contributed by atoms with van der Waals surface area (Å²) < 4.78 is 29.8. The fraction of sp³-hybridized carbons (Fsp3) is 1.00. The standard InChI is InChI=1S/C2H5FO2S.H2O/c1-2-6(3,4)5;/h2H2,1H3;1H2. The predicted octanol–water partition coefficient (Wildman–Crippen LogP) is -0.519. The summed E-state index contributed by atoms with van der Waals surface area (Å²) in [4.78, 5) is 0. The van der Waals surface area contributed by atoms with Crippen molar-refractivity contribution in [1.82, 2.24) is 0 Å². The highest BCUT2D eigenvalue weighted by atomic mass is 32.3. The molecular formula is C2H7FO3S. The lowest BCUT2D eigenvalue weighted by Crippen LogP contribution is -1.90. The Bertz CT molecular complexity index is 115. The highest BCUT2D eigenvalue weighted by Crippen LogP contribution is 1.85. The molecule has 0 aliphatic rings. The number of hydrogen-bond acceptors (Lipinski definition) is 2. The van der Waals surface area contributed by atoms with Gasteiger partial charge >= 0.3 is 10.2 Å². The van der Waals surface area contributed by atoms with Crippen LogP contribution >= 0.6 is 0 Å². The Morgan fingerprint density at radius 2 is 1.71 bits per heavy atom. The average Bonchev–Trinajstić information content (AvgIpc) is 1.35. The smallest absolute Gasteiger partial charge is 0.302 e. The first-order valence-corrected chi connectivity index (χ1v) is 3.04. The third-order valence-electron chi connectivity index (χ3n) is 0.345. The number of halogens is 1. The first-order valence-electron chi connectivity index (χ1n) is 1.48. The van der Waals surface area contributed by atoms with E-state index in [0.717, 1.165) is 0 Å². The molecule has 0 amide bonds. The third-order valence-corrected chi connectivity index (χ3v) is 1.03. The molecule has 0 fully saturated rings. The molecule has 0 aliphatic heterocycles. The van der Waals surface area contributed by atoms with E-state index in [1.54, 1.807) is 0 Å². The molecule has 0 atom stereocenters. The maximum Gasteiger partial charge on any atom is 0.302 e. The molecule has 5 heteroatoms. The molecule has 0 heterocycles. The van der Waals surface area contributed by atoms with E-state index in [1.165, 1.54) is 6.92 Å². The normalized spacial score (nSPS) is 10.0. The van der Waals surface area contributed by atoms with Gasteiger partial charge in [0.2, 0.25) is 0 Å². The van der Waals surface area contributed by atoms with Crippen molar-refractivity contribution in [3.63, 3.8) is 0 Å². The van der Waals surface area contributed by atoms with E-state index in [4.69, 9.17) is 0 Å². The Balaban J connectivity index is 0. The summed E-state index contributed by atoms with van der Waals surface area (Å²) >= 11 is 0. The highest BCUT2D eigenvalue weighted by molar-refractivity contribution is 7.86. The van der Waals surface area contributed by atoms with E-state index in [0.29, 0.717) is 0 Å². The lowest BCUT2D eigenvalue weighted by molar-refractivity contribution is 0.553. The van der Waals surface area contributed by atoms with Crippen LogP contribution in [0.25, 0.3) is 0 Å². The average molecular weight is 130 g/mol. The first kappa shape index (κ1) is 9.96. The minimum Gasteiger partial charge on any atom is -0.412 e. The van der Waals surface area contributed by atoms with Crippen molar-refractivity contribution in [2.45, 2.75) is 6.92 Å². The predicted molar refractivity (Wildman–Crippen MR) is 24.2 cm³/mol. The molecule has 0 bridgehead atoms. The van der Waals surface area contributed by atoms with Crippen LogP contribution in [0.4, 0.5) is 3.89 Å². The van der Waals surface area contributed by atoms with Gasteiger partial charge in [0.1, 0.15) is 0 Å². The van der Waals surface area contributed by atoms with Crippen LogP contribution < -0.4 is 0 Å². The zero-order valence-electron chi connectivity index (χ0n) is 3.81. The van der Waals surface area contributed by atoms with Crippen molar-refractivity contribution >= 4 is 10.2 Å². The molecule has 0 unspecified atom stereocenters. The number of hydrogen-bond donors (Lipinski definition) is 0. The molecule has 46 valence electrons. The third kappa shape index (κ3) is 10.7. The second-order valence-electron chi connectivity index (χ2n) is 0.828. The Morgan fingerprint density at radius 1 is 1.57 bits per heavy atom. The van der Waals surface area contributed by atoms with Gasteiger partial charge in [0.05, 0.1) is 5.75 Å². The van der Waals surface area contributed by atoms with Crippen LogP contribution in [0.15, 0.2) is 0 Å². The van der Waals surface area contributed by atoms with E-state index in [-0.39, 0.29) is 5.48 Å². The van der Waals surface area contributed by atoms with Crippen LogP contribution in [0, 0.1) is 0 Å². The summed E-state index contributed by atoms with van der Waals surface area (Å²) in [5.41, 5.74) is 0. The van der Waals surface area contributed by atoms with Crippen molar-refractivity contribution in [2.24, 2.45) is 0 Å². The molecule has 7 heavy (non-hydrogen) atoms. The summed E-state index contributed by atoms with van der Waals surface area (Å²) in [6.45, 7) is 1.25. The fourth-order valence-electron chi connectivity index (χ4n) is 0. The first-order chi connectivity index (χ1) is 2.56. The van der Waals surface area contributed by atoms with Gasteiger partial charge in [0.15, 0.2) is 0 Å². The summed E-state index contributed by atoms with van der Waals surface area (Å²) in [7, 11) is -4.16. The molecule has 0 aromatic carbocycles. The van der Waals surface area contributed by atoms with Crippen LogP contribution in [0.5, 0.6) is 0 Å². The molecule has 0 spiro atoms. The van der Waals surface area contributed by atoms with Gasteiger partial charge in [-0.15, -0.1) is 3.89 Å². The van der Waals surface area contributed by atoms with Crippen LogP contribution in [0.3, 0.4) is 0 Å². The Kier molecular flexibility index (Phi) is 4.16. The van der Waals surface area contributed by atoms with Gasteiger partial charge in [-0.05, 0) is 6.92 Å². The molecule has 3 nitrogen and oxygen atoms in total. The maximum absolute atomic E-state index is 11.1. The van der Waals surface area contributed by atoms with Crippen LogP contribution in [0.1, 0.15) is 6.92 Å². The minimum absolute atomic E-state index is 0. The van der Waals surface area contributed by atoms with E-state index in [1.807, 2.05) is 0 Å². The molecule has 0 saturated heterocycles. The second kappa shape index (κ2) is 2.92. The lowest BCUT2D eigenvalue weighted by atomic mass is 11.0. The highest BCUT2D eigenvalue weighted by Gasteiger charge is 1.97. The minimum atomic E-state index is -4.16. The molecule has 0 radical (unpaired) electrons. The van der Waals surface area contributed by atoms with E-state index in [2.05, 4.69) is 0 Å². The fourth-order valence-corrected chi connectivity index (χ4v) is 0. The molecule has 2 N–H and O–H groups in total. The molecule has 0 saturated carbocycles. The Labute approximate surface area is 41.7 Å². The van der Waals surface area contributed by atoms with Crippen LogP contribution in [0.2, 0.25) is 0 Å². The van der Waals surface area contributed by atoms with Crippen molar-refractivity contribution < 1.29 is 17.8 Å². The molecular weight excluding hydrogens is 123 g/mol. The van der Waals surface area contributed by atoms with Gasteiger partial charge in [0, 0.05) is 0 Å². The van der Waals surface area contributed by atoms with Crippen molar-refractivity contribution in [3.05, 3.63) is 0 Å². The maximum atomic E-state index is 11.1. The van der Waals surface area contributed by atoms with Gasteiger partial charge in [0.25, 0.3) is 0 Å². The molecule has 0 aliphatic carbocycles. The van der Waals surface area contributed by atoms with E-state index in [9.17, 15) is 12.3 Å². The largest absolute Gasteiger partial charge is 0.412 e. The van der Waals surface area contributed by atoms with Crippen LogP contribution in [-0.2, 0) is 10.2 Å². The quantitative estimate of drug-likeness (QED) is 0.448. The van der Waals surface area contributed by atoms with Gasteiger partial charge in [-0.25, -0.2) is 0 Å². The van der Waals surface area contributed by atoms with Gasteiger partial charge in [-0.3, -0.25) is 0 Å². The topological polar surface area (TPSA) is 65.6 Å². The summed E-state index contributed by atoms with van der Waals surface area (Å²) in [6, 6.07) is 0. The van der Waals surface area contributed by atoms with Crippen molar-refractivity contribution in [1.29, 1.82) is 0 Å². The molecule has 0 aromatic heterocycles.